The highest BCUT2D eigenvalue weighted by Gasteiger charge is 2.25. The SMILES string of the molecule is CCc1[nH]nc(C(=O)N2CCN(CCC(C)C)CC2)c1N. The normalized spacial score (nSPS) is 16.7. The van der Waals surface area contributed by atoms with Crippen LogP contribution >= 0.6 is 0 Å². The van der Waals surface area contributed by atoms with Crippen LogP contribution in [-0.2, 0) is 6.42 Å². The van der Waals surface area contributed by atoms with Gasteiger partial charge in [0.25, 0.3) is 5.91 Å². The second-order valence-corrected chi connectivity index (χ2v) is 6.13. The van der Waals surface area contributed by atoms with Gasteiger partial charge < -0.3 is 10.6 Å². The Morgan fingerprint density at radius 1 is 1.33 bits per heavy atom. The van der Waals surface area contributed by atoms with E-state index >= 15 is 0 Å². The van der Waals surface area contributed by atoms with E-state index in [1.54, 1.807) is 0 Å². The van der Waals surface area contributed by atoms with E-state index < -0.39 is 0 Å². The summed E-state index contributed by atoms with van der Waals surface area (Å²) < 4.78 is 0. The Kier molecular flexibility index (Phi) is 5.22. The average molecular weight is 293 g/mol. The summed E-state index contributed by atoms with van der Waals surface area (Å²) in [6, 6.07) is 0. The molecule has 1 aromatic rings. The van der Waals surface area contributed by atoms with Crippen molar-refractivity contribution >= 4 is 11.6 Å². The number of hydrogen-bond donors (Lipinski definition) is 2. The molecular weight excluding hydrogens is 266 g/mol. The number of carbonyl (C=O) groups is 1. The molecule has 0 aromatic carbocycles. The molecule has 0 spiro atoms. The number of rotatable bonds is 5. The number of aryl methyl sites for hydroxylation is 1. The first-order valence-corrected chi connectivity index (χ1v) is 7.87. The molecule has 3 N–H and O–H groups in total. The van der Waals surface area contributed by atoms with Crippen molar-refractivity contribution in [1.82, 2.24) is 20.0 Å². The lowest BCUT2D eigenvalue weighted by molar-refractivity contribution is 0.0627. The van der Waals surface area contributed by atoms with Crippen molar-refractivity contribution in [1.29, 1.82) is 0 Å². The molecule has 118 valence electrons. The van der Waals surface area contributed by atoms with E-state index in [1.807, 2.05) is 11.8 Å². The topological polar surface area (TPSA) is 78.2 Å². The highest BCUT2D eigenvalue weighted by atomic mass is 16.2. The van der Waals surface area contributed by atoms with E-state index in [-0.39, 0.29) is 5.91 Å². The van der Waals surface area contributed by atoms with E-state index in [9.17, 15) is 4.79 Å². The van der Waals surface area contributed by atoms with Crippen molar-refractivity contribution < 1.29 is 4.79 Å². The fourth-order valence-electron chi connectivity index (χ4n) is 2.58. The number of anilines is 1. The number of H-pyrrole nitrogens is 1. The van der Waals surface area contributed by atoms with E-state index in [4.69, 9.17) is 5.73 Å². The number of amides is 1. The predicted molar refractivity (Wildman–Crippen MR) is 84.2 cm³/mol. The van der Waals surface area contributed by atoms with Crippen molar-refractivity contribution in [2.45, 2.75) is 33.6 Å². The van der Waals surface area contributed by atoms with Crippen LogP contribution in [0.5, 0.6) is 0 Å². The number of nitrogens with one attached hydrogen (secondary N) is 1. The lowest BCUT2D eigenvalue weighted by atomic mass is 10.1. The maximum atomic E-state index is 12.5. The Morgan fingerprint density at radius 2 is 2.00 bits per heavy atom. The minimum absolute atomic E-state index is 0.0491. The molecule has 1 fully saturated rings. The molecule has 6 heteroatoms. The van der Waals surface area contributed by atoms with Gasteiger partial charge in [0, 0.05) is 26.2 Å². The third-order valence-corrected chi connectivity index (χ3v) is 4.12. The number of piperazine rings is 1. The first-order chi connectivity index (χ1) is 10.0. The summed E-state index contributed by atoms with van der Waals surface area (Å²) in [4.78, 5) is 16.8. The number of carbonyl (C=O) groups excluding carboxylic acids is 1. The summed E-state index contributed by atoms with van der Waals surface area (Å²) in [5.74, 6) is 0.674. The Morgan fingerprint density at radius 3 is 2.52 bits per heavy atom. The van der Waals surface area contributed by atoms with Crippen molar-refractivity contribution in [3.63, 3.8) is 0 Å². The maximum Gasteiger partial charge on any atom is 0.276 e. The molecule has 0 radical (unpaired) electrons. The van der Waals surface area contributed by atoms with Gasteiger partial charge in [-0.25, -0.2) is 0 Å². The summed E-state index contributed by atoms with van der Waals surface area (Å²) in [6.07, 6.45) is 1.97. The Hall–Kier alpha value is -1.56. The average Bonchev–Trinajstić information content (AvgIpc) is 2.85. The zero-order valence-electron chi connectivity index (χ0n) is 13.4. The van der Waals surface area contributed by atoms with Gasteiger partial charge in [-0.2, -0.15) is 5.10 Å². The zero-order valence-corrected chi connectivity index (χ0v) is 13.4. The second-order valence-electron chi connectivity index (χ2n) is 6.13. The molecule has 1 aromatic heterocycles. The molecule has 0 atom stereocenters. The molecule has 21 heavy (non-hydrogen) atoms. The molecule has 0 unspecified atom stereocenters. The molecule has 1 amide bonds. The minimum Gasteiger partial charge on any atom is -0.395 e. The van der Waals surface area contributed by atoms with Crippen LogP contribution in [0.2, 0.25) is 0 Å². The number of hydrogen-bond acceptors (Lipinski definition) is 4. The summed E-state index contributed by atoms with van der Waals surface area (Å²) in [5, 5.41) is 6.94. The second kappa shape index (κ2) is 6.93. The van der Waals surface area contributed by atoms with Gasteiger partial charge in [-0.05, 0) is 25.3 Å². The highest BCUT2D eigenvalue weighted by Crippen LogP contribution is 2.17. The summed E-state index contributed by atoms with van der Waals surface area (Å²) in [7, 11) is 0. The van der Waals surface area contributed by atoms with E-state index in [0.717, 1.165) is 50.8 Å². The van der Waals surface area contributed by atoms with Crippen molar-refractivity contribution in [3.05, 3.63) is 11.4 Å². The predicted octanol–water partition coefficient (Wildman–Crippen LogP) is 1.36. The quantitative estimate of drug-likeness (QED) is 0.859. The summed E-state index contributed by atoms with van der Waals surface area (Å²) >= 11 is 0. The molecule has 2 rings (SSSR count). The number of nitrogens with two attached hydrogens (primary N) is 1. The Bertz CT molecular complexity index is 474. The lowest BCUT2D eigenvalue weighted by Gasteiger charge is -2.34. The van der Waals surface area contributed by atoms with E-state index in [1.165, 1.54) is 6.42 Å². The molecule has 2 heterocycles. The van der Waals surface area contributed by atoms with Crippen molar-refractivity contribution in [3.8, 4) is 0 Å². The minimum atomic E-state index is -0.0491. The van der Waals surface area contributed by atoms with E-state index in [2.05, 4.69) is 28.9 Å². The van der Waals surface area contributed by atoms with Gasteiger partial charge in [-0.15, -0.1) is 0 Å². The molecule has 6 nitrogen and oxygen atoms in total. The van der Waals surface area contributed by atoms with Gasteiger partial charge in [0.1, 0.15) is 0 Å². The largest absolute Gasteiger partial charge is 0.395 e. The highest BCUT2D eigenvalue weighted by molar-refractivity contribution is 5.97. The zero-order chi connectivity index (χ0) is 15.4. The number of nitrogen functional groups attached to an aromatic ring is 1. The van der Waals surface area contributed by atoms with Crippen LogP contribution in [0.25, 0.3) is 0 Å². The van der Waals surface area contributed by atoms with Crippen LogP contribution < -0.4 is 5.73 Å². The number of aromatic nitrogens is 2. The maximum absolute atomic E-state index is 12.5. The Balaban J connectivity index is 1.89. The molecular formula is C15H27N5O. The van der Waals surface area contributed by atoms with Gasteiger partial charge in [0.2, 0.25) is 0 Å². The molecule has 1 aliphatic rings. The third-order valence-electron chi connectivity index (χ3n) is 4.12. The number of aromatic amines is 1. The van der Waals surface area contributed by atoms with Gasteiger partial charge in [-0.3, -0.25) is 14.8 Å². The summed E-state index contributed by atoms with van der Waals surface area (Å²) in [6.45, 7) is 11.0. The van der Waals surface area contributed by atoms with Crippen molar-refractivity contribution in [2.24, 2.45) is 5.92 Å². The summed E-state index contributed by atoms with van der Waals surface area (Å²) in [5.41, 5.74) is 7.70. The number of nitrogens with zero attached hydrogens (tertiary/aromatic N) is 3. The molecule has 1 saturated heterocycles. The van der Waals surface area contributed by atoms with Crippen LogP contribution in [0, 0.1) is 5.92 Å². The standard InChI is InChI=1S/C15H27N5O/c1-4-12-13(16)14(18-17-12)15(21)20-9-7-19(8-10-20)6-5-11(2)3/h11H,4-10,16H2,1-3H3,(H,17,18). The molecule has 0 bridgehead atoms. The Labute approximate surface area is 126 Å². The smallest absolute Gasteiger partial charge is 0.276 e. The lowest BCUT2D eigenvalue weighted by Crippen LogP contribution is -2.49. The molecule has 0 aliphatic carbocycles. The molecule has 0 saturated carbocycles. The molecule has 1 aliphatic heterocycles. The first kappa shape index (κ1) is 15.8. The van der Waals surface area contributed by atoms with E-state index in [0.29, 0.717) is 11.4 Å². The van der Waals surface area contributed by atoms with Crippen LogP contribution in [-0.4, -0.2) is 58.6 Å². The fraction of sp³-hybridized carbons (Fsp3) is 0.733. The first-order valence-electron chi connectivity index (χ1n) is 7.87. The van der Waals surface area contributed by atoms with Crippen LogP contribution in [0.3, 0.4) is 0 Å². The van der Waals surface area contributed by atoms with Crippen LogP contribution in [0.15, 0.2) is 0 Å². The van der Waals surface area contributed by atoms with Gasteiger partial charge in [0.15, 0.2) is 5.69 Å². The van der Waals surface area contributed by atoms with Gasteiger partial charge >= 0.3 is 0 Å². The van der Waals surface area contributed by atoms with Gasteiger partial charge in [0.05, 0.1) is 11.4 Å². The van der Waals surface area contributed by atoms with Crippen LogP contribution in [0.4, 0.5) is 5.69 Å². The van der Waals surface area contributed by atoms with Crippen molar-refractivity contribution in [2.75, 3.05) is 38.5 Å². The monoisotopic (exact) mass is 293 g/mol. The van der Waals surface area contributed by atoms with Gasteiger partial charge in [-0.1, -0.05) is 20.8 Å². The van der Waals surface area contributed by atoms with Crippen LogP contribution in [0.1, 0.15) is 43.4 Å². The fourth-order valence-corrected chi connectivity index (χ4v) is 2.58. The third kappa shape index (κ3) is 3.75.